The van der Waals surface area contributed by atoms with Crippen LogP contribution in [-0.2, 0) is 16.0 Å². The lowest BCUT2D eigenvalue weighted by molar-refractivity contribution is -0.125. The van der Waals surface area contributed by atoms with Crippen LogP contribution < -0.4 is 11.1 Å². The van der Waals surface area contributed by atoms with Crippen molar-refractivity contribution in [2.45, 2.75) is 31.7 Å². The van der Waals surface area contributed by atoms with Crippen LogP contribution >= 0.6 is 0 Å². The highest BCUT2D eigenvalue weighted by Crippen LogP contribution is 2.04. The molecule has 1 atom stereocenters. The number of ether oxygens (including phenoxy) is 1. The molecule has 0 spiro atoms. The lowest BCUT2D eigenvalue weighted by Gasteiger charge is -2.11. The molecule has 7 nitrogen and oxygen atoms in total. The molecule has 0 aliphatic rings. The minimum atomic E-state index is -0.131. The molecule has 18 heavy (non-hydrogen) atoms. The average Bonchev–Trinajstić information content (AvgIpc) is 2.87. The number of aryl methyl sites for hydroxylation is 1. The highest BCUT2D eigenvalue weighted by Gasteiger charge is 2.05. The number of aromatic nitrogens is 3. The second kappa shape index (κ2) is 8.60. The number of aromatic amines is 1. The van der Waals surface area contributed by atoms with Crippen molar-refractivity contribution in [2.75, 3.05) is 20.3 Å². The fraction of sp³-hybridized carbons (Fsp3) is 0.727. The van der Waals surface area contributed by atoms with Crippen molar-refractivity contribution in [3.8, 4) is 0 Å². The Morgan fingerprint density at radius 2 is 2.44 bits per heavy atom. The fourth-order valence-electron chi connectivity index (χ4n) is 1.52. The predicted molar refractivity (Wildman–Crippen MR) is 66.8 cm³/mol. The van der Waals surface area contributed by atoms with E-state index < -0.39 is 0 Å². The number of nitrogens with two attached hydrogens (primary N) is 1. The highest BCUT2D eigenvalue weighted by molar-refractivity contribution is 5.76. The third-order valence-electron chi connectivity index (χ3n) is 2.57. The molecule has 0 aliphatic heterocycles. The van der Waals surface area contributed by atoms with Gasteiger partial charge in [0.1, 0.15) is 6.61 Å². The summed E-state index contributed by atoms with van der Waals surface area (Å²) in [7, 11) is 1.58. The second-order valence-corrected chi connectivity index (χ2v) is 4.16. The zero-order valence-corrected chi connectivity index (χ0v) is 10.7. The number of nitrogens with zero attached hydrogens (tertiary/aromatic N) is 2. The first-order valence-electron chi connectivity index (χ1n) is 6.11. The van der Waals surface area contributed by atoms with Gasteiger partial charge in [0.25, 0.3) is 0 Å². The summed E-state index contributed by atoms with van der Waals surface area (Å²) in [5.74, 6) is -0.131. The monoisotopic (exact) mass is 255 g/mol. The van der Waals surface area contributed by atoms with Crippen molar-refractivity contribution in [3.63, 3.8) is 0 Å². The largest absolute Gasteiger partial charge is 0.370 e. The standard InChI is InChI=1S/C11H21N5O2/c1-13-11(17)8-18-7-9(12)4-2-3-5-10-6-14-16-15-10/h6,9H,2-5,7-8,12H2,1H3,(H,13,17)(H,14,15,16). The van der Waals surface area contributed by atoms with Gasteiger partial charge in [0.05, 0.1) is 18.5 Å². The van der Waals surface area contributed by atoms with Gasteiger partial charge < -0.3 is 15.8 Å². The number of unbranched alkanes of at least 4 members (excludes halogenated alkanes) is 1. The normalized spacial score (nSPS) is 12.3. The van der Waals surface area contributed by atoms with E-state index in [4.69, 9.17) is 10.5 Å². The van der Waals surface area contributed by atoms with Gasteiger partial charge >= 0.3 is 0 Å². The summed E-state index contributed by atoms with van der Waals surface area (Å²) < 4.78 is 5.19. The van der Waals surface area contributed by atoms with Gasteiger partial charge in [0, 0.05) is 13.1 Å². The first-order chi connectivity index (χ1) is 8.72. The van der Waals surface area contributed by atoms with Crippen LogP contribution in [-0.4, -0.2) is 47.6 Å². The summed E-state index contributed by atoms with van der Waals surface area (Å²) in [6.45, 7) is 0.487. The molecule has 0 fully saturated rings. The molecule has 0 radical (unpaired) electrons. The maximum absolute atomic E-state index is 10.9. The molecular formula is C11H21N5O2. The Morgan fingerprint density at radius 1 is 1.61 bits per heavy atom. The predicted octanol–water partition coefficient (Wildman–Crippen LogP) is -0.393. The Balaban J connectivity index is 1.96. The lowest BCUT2D eigenvalue weighted by atomic mass is 10.1. The minimum Gasteiger partial charge on any atom is -0.370 e. The summed E-state index contributed by atoms with van der Waals surface area (Å²) in [6.07, 6.45) is 5.55. The number of hydrogen-bond acceptors (Lipinski definition) is 5. The van der Waals surface area contributed by atoms with Crippen LogP contribution in [0.15, 0.2) is 6.20 Å². The van der Waals surface area contributed by atoms with Gasteiger partial charge in [-0.2, -0.15) is 15.4 Å². The molecule has 1 aromatic heterocycles. The summed E-state index contributed by atoms with van der Waals surface area (Å²) in [5.41, 5.74) is 6.84. The van der Waals surface area contributed by atoms with Gasteiger partial charge in [0.15, 0.2) is 0 Å². The molecule has 0 aromatic carbocycles. The molecule has 0 bridgehead atoms. The molecule has 1 amide bonds. The molecule has 0 saturated heterocycles. The van der Waals surface area contributed by atoms with Crippen LogP contribution in [0.5, 0.6) is 0 Å². The molecule has 1 unspecified atom stereocenters. The Kier molecular flexibility index (Phi) is 6.97. The summed E-state index contributed by atoms with van der Waals surface area (Å²) in [4.78, 5) is 10.9. The van der Waals surface area contributed by atoms with Crippen molar-refractivity contribution in [1.29, 1.82) is 0 Å². The number of carbonyl (C=O) groups is 1. The number of amides is 1. The van der Waals surface area contributed by atoms with E-state index in [2.05, 4.69) is 20.7 Å². The molecule has 4 N–H and O–H groups in total. The number of nitrogens with one attached hydrogen (secondary N) is 2. The lowest BCUT2D eigenvalue weighted by Crippen LogP contribution is -2.30. The van der Waals surface area contributed by atoms with Crippen LogP contribution in [0.4, 0.5) is 0 Å². The van der Waals surface area contributed by atoms with E-state index in [1.165, 1.54) is 0 Å². The quantitative estimate of drug-likeness (QED) is 0.521. The molecule has 1 aromatic rings. The number of H-pyrrole nitrogens is 1. The van der Waals surface area contributed by atoms with Gasteiger partial charge in [-0.15, -0.1) is 0 Å². The maximum atomic E-state index is 10.9. The number of hydrogen-bond donors (Lipinski definition) is 3. The van der Waals surface area contributed by atoms with Gasteiger partial charge in [0.2, 0.25) is 5.91 Å². The number of likely N-dealkylation sites (N-methyl/N-ethyl adjacent to an activating group) is 1. The molecule has 102 valence electrons. The van der Waals surface area contributed by atoms with E-state index >= 15 is 0 Å². The van der Waals surface area contributed by atoms with E-state index in [1.807, 2.05) is 0 Å². The van der Waals surface area contributed by atoms with E-state index in [0.29, 0.717) is 6.61 Å². The Labute approximate surface area is 106 Å². The summed E-state index contributed by atoms with van der Waals surface area (Å²) >= 11 is 0. The Hall–Kier alpha value is -1.47. The average molecular weight is 255 g/mol. The summed E-state index contributed by atoms with van der Waals surface area (Å²) in [5, 5.41) is 12.8. The van der Waals surface area contributed by atoms with Gasteiger partial charge in [-0.1, -0.05) is 6.42 Å². The SMILES string of the molecule is CNC(=O)COCC(N)CCCCc1cn[nH]n1. The van der Waals surface area contributed by atoms with Gasteiger partial charge in [-0.25, -0.2) is 0 Å². The highest BCUT2D eigenvalue weighted by atomic mass is 16.5. The van der Waals surface area contributed by atoms with Crippen LogP contribution in [0, 0.1) is 0 Å². The van der Waals surface area contributed by atoms with Crippen molar-refractivity contribution in [3.05, 3.63) is 11.9 Å². The van der Waals surface area contributed by atoms with E-state index in [9.17, 15) is 4.79 Å². The zero-order valence-electron chi connectivity index (χ0n) is 10.7. The molecule has 0 saturated carbocycles. The molecule has 7 heteroatoms. The van der Waals surface area contributed by atoms with Crippen molar-refractivity contribution < 1.29 is 9.53 Å². The van der Waals surface area contributed by atoms with Crippen molar-refractivity contribution in [1.82, 2.24) is 20.7 Å². The van der Waals surface area contributed by atoms with E-state index in [0.717, 1.165) is 31.4 Å². The number of carbonyl (C=O) groups excluding carboxylic acids is 1. The minimum absolute atomic E-state index is 0.0213. The van der Waals surface area contributed by atoms with Crippen molar-refractivity contribution in [2.24, 2.45) is 5.73 Å². The van der Waals surface area contributed by atoms with Crippen LogP contribution in [0.3, 0.4) is 0 Å². The van der Waals surface area contributed by atoms with Gasteiger partial charge in [-0.3, -0.25) is 4.79 Å². The van der Waals surface area contributed by atoms with Crippen LogP contribution in [0.1, 0.15) is 25.0 Å². The Morgan fingerprint density at radius 3 is 3.11 bits per heavy atom. The fourth-order valence-corrected chi connectivity index (χ4v) is 1.52. The second-order valence-electron chi connectivity index (χ2n) is 4.16. The first-order valence-corrected chi connectivity index (χ1v) is 6.11. The molecular weight excluding hydrogens is 234 g/mol. The Bertz CT molecular complexity index is 328. The smallest absolute Gasteiger partial charge is 0.245 e. The van der Waals surface area contributed by atoms with E-state index in [1.54, 1.807) is 13.2 Å². The maximum Gasteiger partial charge on any atom is 0.245 e. The molecule has 0 aliphatic carbocycles. The number of rotatable bonds is 9. The molecule has 1 heterocycles. The van der Waals surface area contributed by atoms with E-state index in [-0.39, 0.29) is 18.6 Å². The van der Waals surface area contributed by atoms with Crippen LogP contribution in [0.2, 0.25) is 0 Å². The van der Waals surface area contributed by atoms with Crippen molar-refractivity contribution >= 4 is 5.91 Å². The third-order valence-corrected chi connectivity index (χ3v) is 2.57. The van der Waals surface area contributed by atoms with Gasteiger partial charge in [-0.05, 0) is 19.3 Å². The topological polar surface area (TPSA) is 106 Å². The zero-order chi connectivity index (χ0) is 13.2. The summed E-state index contributed by atoms with van der Waals surface area (Å²) in [6, 6.07) is -0.0213. The molecule has 1 rings (SSSR count). The first kappa shape index (κ1) is 14.6. The van der Waals surface area contributed by atoms with Crippen LogP contribution in [0.25, 0.3) is 0 Å². The third kappa shape index (κ3) is 6.31.